The molecule has 2 saturated carbocycles. The smallest absolute Gasteiger partial charge is 0.407 e. The minimum Gasteiger partial charge on any atom is -0.444 e. The number of hydrogen-bond acceptors (Lipinski definition) is 4. The van der Waals surface area contributed by atoms with E-state index in [0.717, 1.165) is 24.2 Å². The summed E-state index contributed by atoms with van der Waals surface area (Å²) < 4.78 is 8.62. The van der Waals surface area contributed by atoms with Gasteiger partial charge in [0.15, 0.2) is 0 Å². The van der Waals surface area contributed by atoms with Crippen LogP contribution in [0.15, 0.2) is 4.60 Å². The molecule has 1 N–H and O–H groups in total. The van der Waals surface area contributed by atoms with Crippen LogP contribution in [0.1, 0.15) is 57.7 Å². The molecular formula is C20H31BrN4O2. The topological polar surface area (TPSA) is 59.4 Å². The van der Waals surface area contributed by atoms with Crippen LogP contribution in [-0.4, -0.2) is 45.0 Å². The lowest BCUT2D eigenvalue weighted by atomic mass is 9.80. The first-order valence-corrected chi connectivity index (χ1v) is 11.0. The van der Waals surface area contributed by atoms with E-state index in [4.69, 9.17) is 4.74 Å². The Morgan fingerprint density at radius 3 is 2.52 bits per heavy atom. The number of fused-ring (bicyclic) bond motifs is 3. The molecule has 1 aromatic rings. The van der Waals surface area contributed by atoms with Gasteiger partial charge in [-0.05, 0) is 81.1 Å². The third kappa shape index (κ3) is 3.90. The van der Waals surface area contributed by atoms with Gasteiger partial charge in [0.1, 0.15) is 10.2 Å². The van der Waals surface area contributed by atoms with Crippen molar-refractivity contribution in [1.82, 2.24) is 20.0 Å². The van der Waals surface area contributed by atoms with Crippen molar-refractivity contribution in [2.24, 2.45) is 11.8 Å². The van der Waals surface area contributed by atoms with Gasteiger partial charge in [-0.2, -0.15) is 5.10 Å². The highest BCUT2D eigenvalue weighted by Crippen LogP contribution is 2.44. The predicted molar refractivity (Wildman–Crippen MR) is 107 cm³/mol. The van der Waals surface area contributed by atoms with Crippen molar-refractivity contribution < 1.29 is 9.53 Å². The normalized spacial score (nSPS) is 30.9. The van der Waals surface area contributed by atoms with Crippen molar-refractivity contribution in [2.45, 2.75) is 84.2 Å². The molecule has 2 atom stereocenters. The Hall–Kier alpha value is -1.08. The van der Waals surface area contributed by atoms with E-state index in [9.17, 15) is 4.79 Å². The lowest BCUT2D eigenvalue weighted by Crippen LogP contribution is -2.52. The average molecular weight is 439 g/mol. The third-order valence-electron chi connectivity index (χ3n) is 6.49. The predicted octanol–water partition coefficient (Wildman–Crippen LogP) is 3.85. The molecule has 0 saturated heterocycles. The van der Waals surface area contributed by atoms with E-state index in [2.05, 4.69) is 42.9 Å². The van der Waals surface area contributed by atoms with Crippen LogP contribution < -0.4 is 5.32 Å². The number of rotatable bonds is 2. The van der Waals surface area contributed by atoms with Gasteiger partial charge in [0.2, 0.25) is 0 Å². The number of ether oxygens (including phenoxy) is 1. The molecular weight excluding hydrogens is 408 g/mol. The molecule has 2 unspecified atom stereocenters. The quantitative estimate of drug-likeness (QED) is 0.761. The molecule has 2 fully saturated rings. The van der Waals surface area contributed by atoms with Crippen molar-refractivity contribution in [3.63, 3.8) is 0 Å². The largest absolute Gasteiger partial charge is 0.444 e. The van der Waals surface area contributed by atoms with Crippen LogP contribution in [0.2, 0.25) is 0 Å². The summed E-state index contributed by atoms with van der Waals surface area (Å²) in [6.45, 7) is 10.9. The van der Waals surface area contributed by atoms with Crippen LogP contribution in [-0.2, 0) is 17.8 Å². The molecule has 1 amide bonds. The molecule has 2 bridgehead atoms. The zero-order valence-corrected chi connectivity index (χ0v) is 18.4. The van der Waals surface area contributed by atoms with Gasteiger partial charge in [-0.3, -0.25) is 9.58 Å². The standard InChI is InChI=1S/C20H31BrN4O2/c1-12-16-11-24(7-8-25(16)23-18(12)21)15-9-13-5-6-14(10-15)17(13)22-19(26)27-20(2,3)4/h13-15,17H,5-11H2,1-4H3,(H,22,26). The van der Waals surface area contributed by atoms with Gasteiger partial charge in [0.25, 0.3) is 0 Å². The van der Waals surface area contributed by atoms with Gasteiger partial charge < -0.3 is 10.1 Å². The van der Waals surface area contributed by atoms with Gasteiger partial charge in [0, 0.05) is 30.7 Å². The van der Waals surface area contributed by atoms with Gasteiger partial charge in [-0.1, -0.05) is 0 Å². The zero-order chi connectivity index (χ0) is 19.3. The van der Waals surface area contributed by atoms with Gasteiger partial charge in [-0.15, -0.1) is 0 Å². The Bertz CT molecular complexity index is 712. The SMILES string of the molecule is Cc1c(Br)nn2c1CN(C1CC3CCC(C1)C3NC(=O)OC(C)(C)C)CC2. The van der Waals surface area contributed by atoms with E-state index in [-0.39, 0.29) is 12.1 Å². The van der Waals surface area contributed by atoms with E-state index in [1.165, 1.54) is 36.9 Å². The summed E-state index contributed by atoms with van der Waals surface area (Å²) in [6, 6.07) is 0.892. The first kappa shape index (κ1) is 19.2. The van der Waals surface area contributed by atoms with Crippen molar-refractivity contribution in [3.05, 3.63) is 15.9 Å². The number of halogens is 1. The molecule has 0 aromatic carbocycles. The molecule has 6 nitrogen and oxygen atoms in total. The summed E-state index contributed by atoms with van der Waals surface area (Å²) in [4.78, 5) is 14.9. The molecule has 0 spiro atoms. The maximum absolute atomic E-state index is 12.2. The highest BCUT2D eigenvalue weighted by molar-refractivity contribution is 9.10. The fraction of sp³-hybridized carbons (Fsp3) is 0.800. The molecule has 150 valence electrons. The number of carbonyl (C=O) groups is 1. The van der Waals surface area contributed by atoms with E-state index in [0.29, 0.717) is 17.9 Å². The summed E-state index contributed by atoms with van der Waals surface area (Å²) in [5.41, 5.74) is 2.17. The highest BCUT2D eigenvalue weighted by Gasteiger charge is 2.45. The molecule has 3 aliphatic rings. The number of alkyl carbamates (subject to hydrolysis) is 1. The first-order valence-electron chi connectivity index (χ1n) is 10.2. The summed E-state index contributed by atoms with van der Waals surface area (Å²) >= 11 is 3.57. The van der Waals surface area contributed by atoms with Crippen molar-refractivity contribution in [2.75, 3.05) is 6.54 Å². The maximum Gasteiger partial charge on any atom is 0.407 e. The number of nitrogens with zero attached hydrogens (tertiary/aromatic N) is 3. The maximum atomic E-state index is 12.2. The molecule has 1 aromatic heterocycles. The van der Waals surface area contributed by atoms with E-state index in [1.807, 2.05) is 20.8 Å². The average Bonchev–Trinajstić information content (AvgIpc) is 2.97. The van der Waals surface area contributed by atoms with Crippen LogP contribution >= 0.6 is 15.9 Å². The first-order chi connectivity index (χ1) is 12.7. The second kappa shape index (κ2) is 7.07. The highest BCUT2D eigenvalue weighted by atomic mass is 79.9. The minimum atomic E-state index is -0.441. The Labute approximate surface area is 170 Å². The third-order valence-corrected chi connectivity index (χ3v) is 7.24. The molecule has 2 heterocycles. The van der Waals surface area contributed by atoms with Crippen LogP contribution in [0.5, 0.6) is 0 Å². The van der Waals surface area contributed by atoms with E-state index in [1.54, 1.807) is 0 Å². The Morgan fingerprint density at radius 2 is 1.89 bits per heavy atom. The molecule has 1 aliphatic heterocycles. The van der Waals surface area contributed by atoms with Crippen LogP contribution in [0.25, 0.3) is 0 Å². The van der Waals surface area contributed by atoms with Crippen LogP contribution in [0.3, 0.4) is 0 Å². The van der Waals surface area contributed by atoms with Gasteiger partial charge >= 0.3 is 6.09 Å². The molecule has 27 heavy (non-hydrogen) atoms. The molecule has 4 rings (SSSR count). The molecule has 7 heteroatoms. The van der Waals surface area contributed by atoms with Gasteiger partial charge in [-0.25, -0.2) is 4.79 Å². The summed E-state index contributed by atoms with van der Waals surface area (Å²) in [6.07, 6.45) is 4.53. The zero-order valence-electron chi connectivity index (χ0n) is 16.8. The Balaban J connectivity index is 1.39. The molecule has 0 radical (unpaired) electrons. The number of carbonyl (C=O) groups excluding carboxylic acids is 1. The van der Waals surface area contributed by atoms with E-state index >= 15 is 0 Å². The monoisotopic (exact) mass is 438 g/mol. The summed E-state index contributed by atoms with van der Waals surface area (Å²) in [5, 5.41) is 7.78. The van der Waals surface area contributed by atoms with Crippen LogP contribution in [0.4, 0.5) is 4.79 Å². The number of hydrogen-bond donors (Lipinski definition) is 1. The van der Waals surface area contributed by atoms with Crippen molar-refractivity contribution in [1.29, 1.82) is 0 Å². The fourth-order valence-electron chi connectivity index (χ4n) is 5.22. The number of amides is 1. The molecule has 2 aliphatic carbocycles. The van der Waals surface area contributed by atoms with E-state index < -0.39 is 5.60 Å². The number of nitrogens with one attached hydrogen (secondary N) is 1. The lowest BCUT2D eigenvalue weighted by Gasteiger charge is -2.42. The lowest BCUT2D eigenvalue weighted by molar-refractivity contribution is 0.0390. The second-order valence-electron chi connectivity index (χ2n) is 9.45. The van der Waals surface area contributed by atoms with Crippen molar-refractivity contribution in [3.8, 4) is 0 Å². The van der Waals surface area contributed by atoms with Crippen LogP contribution in [0, 0.1) is 18.8 Å². The number of aromatic nitrogens is 2. The van der Waals surface area contributed by atoms with Crippen molar-refractivity contribution >= 4 is 22.0 Å². The second-order valence-corrected chi connectivity index (χ2v) is 10.2. The Kier molecular flexibility index (Phi) is 5.04. The minimum absolute atomic E-state index is 0.259. The summed E-state index contributed by atoms with van der Waals surface area (Å²) in [7, 11) is 0. The Morgan fingerprint density at radius 1 is 1.22 bits per heavy atom. The fourth-order valence-corrected chi connectivity index (χ4v) is 5.64. The van der Waals surface area contributed by atoms with Gasteiger partial charge in [0.05, 0.1) is 12.2 Å². The summed E-state index contributed by atoms with van der Waals surface area (Å²) in [5.74, 6) is 1.14.